The molecule has 0 aromatic carbocycles. The number of rotatable bonds is 3. The van der Waals surface area contributed by atoms with Crippen molar-refractivity contribution in [3.8, 4) is 0 Å². The molecule has 2 nitrogen and oxygen atoms in total. The third kappa shape index (κ3) is 2.09. The van der Waals surface area contributed by atoms with Crippen LogP contribution in [0.2, 0.25) is 0 Å². The number of ether oxygens (including phenoxy) is 1. The molecule has 0 aromatic rings. The molecule has 0 aliphatic heterocycles. The summed E-state index contributed by atoms with van der Waals surface area (Å²) in [4.78, 5) is 11.2. The SMILES string of the molecule is CC(F)C(=O)OCC12CC3CC(CC(C3)C1)C2. The molecule has 4 saturated carbocycles. The van der Waals surface area contributed by atoms with Gasteiger partial charge in [0.15, 0.2) is 6.17 Å². The van der Waals surface area contributed by atoms with Gasteiger partial charge in [0, 0.05) is 5.41 Å². The van der Waals surface area contributed by atoms with Gasteiger partial charge in [-0.1, -0.05) is 0 Å². The maximum absolute atomic E-state index is 12.8. The average molecular weight is 240 g/mol. The fraction of sp³-hybridized carbons (Fsp3) is 0.929. The lowest BCUT2D eigenvalue weighted by Gasteiger charge is -2.56. The first-order valence-electron chi connectivity index (χ1n) is 6.87. The summed E-state index contributed by atoms with van der Waals surface area (Å²) in [6.45, 7) is 1.71. The van der Waals surface area contributed by atoms with E-state index in [0.717, 1.165) is 17.8 Å². The molecule has 4 bridgehead atoms. The van der Waals surface area contributed by atoms with Gasteiger partial charge in [-0.15, -0.1) is 0 Å². The van der Waals surface area contributed by atoms with Crippen LogP contribution in [0, 0.1) is 23.2 Å². The van der Waals surface area contributed by atoms with Crippen LogP contribution in [-0.2, 0) is 9.53 Å². The molecule has 0 radical (unpaired) electrons. The standard InChI is InChI=1S/C14H21FO2/c1-9(15)13(16)17-8-14-5-10-2-11(6-14)4-12(3-10)7-14/h9-12H,2-8H2,1H3. The third-order valence-corrected chi connectivity index (χ3v) is 5.01. The predicted molar refractivity (Wildman–Crippen MR) is 62.1 cm³/mol. The van der Waals surface area contributed by atoms with E-state index in [1.165, 1.54) is 45.4 Å². The first-order valence-corrected chi connectivity index (χ1v) is 6.87. The lowest BCUT2D eigenvalue weighted by atomic mass is 9.50. The van der Waals surface area contributed by atoms with Crippen LogP contribution in [0.25, 0.3) is 0 Å². The number of carbonyl (C=O) groups is 1. The summed E-state index contributed by atoms with van der Waals surface area (Å²) in [5.74, 6) is 1.87. The van der Waals surface area contributed by atoms with E-state index in [1.807, 2.05) is 0 Å². The van der Waals surface area contributed by atoms with Crippen molar-refractivity contribution in [2.75, 3.05) is 6.61 Å². The van der Waals surface area contributed by atoms with Crippen molar-refractivity contribution in [2.24, 2.45) is 23.2 Å². The molecule has 0 heterocycles. The monoisotopic (exact) mass is 240 g/mol. The number of halogens is 1. The Bertz CT molecular complexity index is 289. The normalized spacial score (nSPS) is 44.7. The van der Waals surface area contributed by atoms with Gasteiger partial charge in [-0.25, -0.2) is 9.18 Å². The number of alkyl halides is 1. The highest BCUT2D eigenvalue weighted by Crippen LogP contribution is 2.60. The van der Waals surface area contributed by atoms with Gasteiger partial charge >= 0.3 is 5.97 Å². The van der Waals surface area contributed by atoms with Gasteiger partial charge in [0.05, 0.1) is 6.61 Å². The number of hydrogen-bond donors (Lipinski definition) is 0. The van der Waals surface area contributed by atoms with Gasteiger partial charge in [-0.05, 0) is 63.2 Å². The van der Waals surface area contributed by atoms with Crippen LogP contribution in [0.4, 0.5) is 4.39 Å². The van der Waals surface area contributed by atoms with Crippen LogP contribution in [0.1, 0.15) is 45.4 Å². The van der Waals surface area contributed by atoms with Crippen molar-refractivity contribution in [1.82, 2.24) is 0 Å². The van der Waals surface area contributed by atoms with Gasteiger partial charge in [0.2, 0.25) is 0 Å². The molecule has 1 unspecified atom stereocenters. The average Bonchev–Trinajstić information content (AvgIpc) is 2.24. The van der Waals surface area contributed by atoms with Crippen molar-refractivity contribution < 1.29 is 13.9 Å². The molecule has 0 amide bonds. The Kier molecular flexibility index (Phi) is 2.68. The summed E-state index contributed by atoms with van der Waals surface area (Å²) in [6, 6.07) is 0. The van der Waals surface area contributed by atoms with Crippen molar-refractivity contribution in [3.05, 3.63) is 0 Å². The van der Waals surface area contributed by atoms with Crippen molar-refractivity contribution in [1.29, 1.82) is 0 Å². The zero-order chi connectivity index (χ0) is 12.0. The molecule has 1 atom stereocenters. The molecular weight excluding hydrogens is 219 g/mol. The van der Waals surface area contributed by atoms with E-state index in [1.54, 1.807) is 0 Å². The van der Waals surface area contributed by atoms with Crippen LogP contribution in [-0.4, -0.2) is 18.7 Å². The van der Waals surface area contributed by atoms with Gasteiger partial charge in [0.1, 0.15) is 0 Å². The van der Waals surface area contributed by atoms with Crippen LogP contribution < -0.4 is 0 Å². The predicted octanol–water partition coefficient (Wildman–Crippen LogP) is 3.10. The van der Waals surface area contributed by atoms with E-state index in [0.29, 0.717) is 6.61 Å². The Morgan fingerprint density at radius 2 is 1.71 bits per heavy atom. The smallest absolute Gasteiger partial charge is 0.340 e. The van der Waals surface area contributed by atoms with Gasteiger partial charge in [-0.3, -0.25) is 0 Å². The second-order valence-corrected chi connectivity index (χ2v) is 6.64. The van der Waals surface area contributed by atoms with Gasteiger partial charge < -0.3 is 4.74 Å². The third-order valence-electron chi connectivity index (χ3n) is 5.01. The van der Waals surface area contributed by atoms with E-state index < -0.39 is 12.1 Å². The molecule has 0 aromatic heterocycles. The molecule has 4 aliphatic rings. The molecule has 0 N–H and O–H groups in total. The topological polar surface area (TPSA) is 26.3 Å². The minimum absolute atomic E-state index is 0.208. The number of esters is 1. The fourth-order valence-electron chi connectivity index (χ4n) is 4.81. The van der Waals surface area contributed by atoms with Crippen LogP contribution in [0.5, 0.6) is 0 Å². The van der Waals surface area contributed by atoms with Crippen LogP contribution in [0.15, 0.2) is 0 Å². The largest absolute Gasteiger partial charge is 0.463 e. The lowest BCUT2D eigenvalue weighted by Crippen LogP contribution is -2.48. The summed E-state index contributed by atoms with van der Waals surface area (Å²) in [6.07, 6.45) is 6.27. The first-order chi connectivity index (χ1) is 8.06. The maximum atomic E-state index is 12.8. The van der Waals surface area contributed by atoms with E-state index in [4.69, 9.17) is 4.74 Å². The Balaban J connectivity index is 1.64. The summed E-state index contributed by atoms with van der Waals surface area (Å²) in [5.41, 5.74) is 0.208. The second-order valence-electron chi connectivity index (χ2n) is 6.64. The second kappa shape index (κ2) is 3.96. The molecule has 17 heavy (non-hydrogen) atoms. The maximum Gasteiger partial charge on any atom is 0.340 e. The summed E-state index contributed by atoms with van der Waals surface area (Å²) >= 11 is 0. The van der Waals surface area contributed by atoms with Crippen molar-refractivity contribution in [2.45, 2.75) is 51.6 Å². The molecule has 96 valence electrons. The van der Waals surface area contributed by atoms with E-state index in [2.05, 4.69) is 0 Å². The van der Waals surface area contributed by atoms with E-state index in [9.17, 15) is 9.18 Å². The molecule has 0 saturated heterocycles. The highest BCUT2D eigenvalue weighted by molar-refractivity contribution is 5.73. The highest BCUT2D eigenvalue weighted by Gasteiger charge is 2.51. The van der Waals surface area contributed by atoms with Crippen LogP contribution >= 0.6 is 0 Å². The van der Waals surface area contributed by atoms with Crippen molar-refractivity contribution in [3.63, 3.8) is 0 Å². The molecule has 4 rings (SSSR count). The fourth-order valence-corrected chi connectivity index (χ4v) is 4.81. The molecule has 0 spiro atoms. The molecular formula is C14H21FO2. The lowest BCUT2D eigenvalue weighted by molar-refractivity contribution is -0.160. The summed E-state index contributed by atoms with van der Waals surface area (Å²) in [7, 11) is 0. The zero-order valence-corrected chi connectivity index (χ0v) is 10.5. The zero-order valence-electron chi connectivity index (χ0n) is 10.5. The van der Waals surface area contributed by atoms with E-state index in [-0.39, 0.29) is 5.41 Å². The minimum atomic E-state index is -1.48. The summed E-state index contributed by atoms with van der Waals surface area (Å²) < 4.78 is 18.0. The van der Waals surface area contributed by atoms with Crippen molar-refractivity contribution >= 4 is 5.97 Å². The summed E-state index contributed by atoms with van der Waals surface area (Å²) in [5, 5.41) is 0. The van der Waals surface area contributed by atoms with Gasteiger partial charge in [-0.2, -0.15) is 0 Å². The number of carbonyl (C=O) groups excluding carboxylic acids is 1. The number of hydrogen-bond acceptors (Lipinski definition) is 2. The Morgan fingerprint density at radius 1 is 1.24 bits per heavy atom. The highest BCUT2D eigenvalue weighted by atomic mass is 19.1. The molecule has 3 heteroatoms. The van der Waals surface area contributed by atoms with E-state index >= 15 is 0 Å². The molecule has 4 aliphatic carbocycles. The first kappa shape index (κ1) is 11.5. The molecule has 4 fully saturated rings. The van der Waals surface area contributed by atoms with Crippen LogP contribution in [0.3, 0.4) is 0 Å². The Hall–Kier alpha value is -0.600. The Labute approximate surface area is 102 Å². The van der Waals surface area contributed by atoms with Gasteiger partial charge in [0.25, 0.3) is 0 Å². The quantitative estimate of drug-likeness (QED) is 0.708. The Morgan fingerprint density at radius 3 is 2.12 bits per heavy atom. The minimum Gasteiger partial charge on any atom is -0.463 e.